The first-order chi connectivity index (χ1) is 6.33. The molecule has 0 aliphatic heterocycles. The molecule has 0 N–H and O–H groups in total. The molecule has 2 heterocycles. The summed E-state index contributed by atoms with van der Waals surface area (Å²) in [6.07, 6.45) is 3.09. The van der Waals surface area contributed by atoms with Crippen LogP contribution in [0.1, 0.15) is 5.69 Å². The highest BCUT2D eigenvalue weighted by Gasteiger charge is 2.12. The number of halogens is 1. The van der Waals surface area contributed by atoms with Crippen molar-refractivity contribution in [2.75, 3.05) is 0 Å². The van der Waals surface area contributed by atoms with Crippen molar-refractivity contribution in [3.8, 4) is 11.5 Å². The summed E-state index contributed by atoms with van der Waals surface area (Å²) < 4.78 is 6.94. The maximum absolute atomic E-state index is 5.69. The van der Waals surface area contributed by atoms with Crippen molar-refractivity contribution >= 4 is 11.6 Å². The first kappa shape index (κ1) is 8.31. The van der Waals surface area contributed by atoms with E-state index in [4.69, 9.17) is 16.0 Å². The van der Waals surface area contributed by atoms with Crippen LogP contribution in [-0.2, 0) is 12.9 Å². The van der Waals surface area contributed by atoms with Crippen LogP contribution in [0.15, 0.2) is 23.1 Å². The Hall–Kier alpha value is -1.29. The maximum atomic E-state index is 5.69. The second-order valence-electron chi connectivity index (χ2n) is 2.60. The SMILES string of the molecule is Cn1nccc1-c1ocnc1CCl. The molecule has 0 spiro atoms. The van der Waals surface area contributed by atoms with Crippen LogP contribution >= 0.6 is 11.6 Å². The van der Waals surface area contributed by atoms with Gasteiger partial charge in [0.15, 0.2) is 12.2 Å². The van der Waals surface area contributed by atoms with Crippen LogP contribution in [0, 0.1) is 0 Å². The summed E-state index contributed by atoms with van der Waals surface area (Å²) in [7, 11) is 1.84. The van der Waals surface area contributed by atoms with Crippen molar-refractivity contribution < 1.29 is 4.42 Å². The molecule has 0 radical (unpaired) electrons. The fraction of sp³-hybridized carbons (Fsp3) is 0.250. The number of oxazole rings is 1. The predicted octanol–water partition coefficient (Wildman–Crippen LogP) is 1.81. The van der Waals surface area contributed by atoms with Crippen molar-refractivity contribution in [3.63, 3.8) is 0 Å². The fourth-order valence-electron chi connectivity index (χ4n) is 1.17. The second kappa shape index (κ2) is 3.22. The Morgan fingerprint density at radius 1 is 1.62 bits per heavy atom. The molecule has 0 fully saturated rings. The normalized spacial score (nSPS) is 10.6. The first-order valence-electron chi connectivity index (χ1n) is 3.79. The molecule has 0 aliphatic carbocycles. The molecule has 2 rings (SSSR count). The molecule has 0 atom stereocenters. The van der Waals surface area contributed by atoms with Crippen molar-refractivity contribution in [2.45, 2.75) is 5.88 Å². The lowest BCUT2D eigenvalue weighted by atomic mass is 10.3. The molecule has 0 aromatic carbocycles. The van der Waals surface area contributed by atoms with E-state index in [1.165, 1.54) is 6.39 Å². The van der Waals surface area contributed by atoms with Gasteiger partial charge in [0.25, 0.3) is 0 Å². The molecular formula is C8H8ClN3O. The van der Waals surface area contributed by atoms with Crippen LogP contribution < -0.4 is 0 Å². The smallest absolute Gasteiger partial charge is 0.181 e. The van der Waals surface area contributed by atoms with Gasteiger partial charge in [-0.15, -0.1) is 11.6 Å². The molecule has 0 bridgehead atoms. The van der Waals surface area contributed by atoms with Gasteiger partial charge in [0.05, 0.1) is 5.88 Å². The lowest BCUT2D eigenvalue weighted by Gasteiger charge is -1.97. The van der Waals surface area contributed by atoms with E-state index < -0.39 is 0 Å². The molecule has 5 heteroatoms. The third kappa shape index (κ3) is 1.33. The van der Waals surface area contributed by atoms with Gasteiger partial charge in [0, 0.05) is 13.2 Å². The van der Waals surface area contributed by atoms with E-state index in [0.717, 1.165) is 11.4 Å². The van der Waals surface area contributed by atoms with Crippen LogP contribution in [0.4, 0.5) is 0 Å². The average molecular weight is 198 g/mol. The van der Waals surface area contributed by atoms with Gasteiger partial charge in [0.1, 0.15) is 11.4 Å². The van der Waals surface area contributed by atoms with Gasteiger partial charge >= 0.3 is 0 Å². The fourth-order valence-corrected chi connectivity index (χ4v) is 1.36. The van der Waals surface area contributed by atoms with Crippen LogP contribution in [0.5, 0.6) is 0 Å². The summed E-state index contributed by atoms with van der Waals surface area (Å²) >= 11 is 5.69. The number of nitrogens with zero attached hydrogens (tertiary/aromatic N) is 3. The minimum Gasteiger partial charge on any atom is -0.442 e. The molecule has 68 valence electrons. The van der Waals surface area contributed by atoms with Crippen LogP contribution in [0.25, 0.3) is 11.5 Å². The number of alkyl halides is 1. The van der Waals surface area contributed by atoms with E-state index in [0.29, 0.717) is 11.6 Å². The van der Waals surface area contributed by atoms with Crippen molar-refractivity contribution in [3.05, 3.63) is 24.4 Å². The number of rotatable bonds is 2. The first-order valence-corrected chi connectivity index (χ1v) is 4.33. The van der Waals surface area contributed by atoms with Crippen molar-refractivity contribution in [1.82, 2.24) is 14.8 Å². The number of aryl methyl sites for hydroxylation is 1. The number of aromatic nitrogens is 3. The van der Waals surface area contributed by atoms with Gasteiger partial charge in [0.2, 0.25) is 0 Å². The van der Waals surface area contributed by atoms with Gasteiger partial charge in [-0.2, -0.15) is 5.10 Å². The Morgan fingerprint density at radius 2 is 2.46 bits per heavy atom. The summed E-state index contributed by atoms with van der Waals surface area (Å²) in [5.74, 6) is 1.03. The molecule has 0 unspecified atom stereocenters. The highest BCUT2D eigenvalue weighted by molar-refractivity contribution is 6.17. The quantitative estimate of drug-likeness (QED) is 0.690. The standard InChI is InChI=1S/C8H8ClN3O/c1-12-7(2-3-11-12)8-6(4-9)10-5-13-8/h2-3,5H,4H2,1H3. The topological polar surface area (TPSA) is 43.9 Å². The Bertz CT molecular complexity index is 407. The van der Waals surface area contributed by atoms with Gasteiger partial charge in [-0.1, -0.05) is 0 Å². The number of hydrogen-bond acceptors (Lipinski definition) is 3. The van der Waals surface area contributed by atoms with Crippen molar-refractivity contribution in [1.29, 1.82) is 0 Å². The minimum absolute atomic E-state index is 0.344. The molecule has 0 aliphatic rings. The summed E-state index contributed by atoms with van der Waals surface area (Å²) in [4.78, 5) is 3.99. The van der Waals surface area contributed by atoms with Gasteiger partial charge in [-0.05, 0) is 6.07 Å². The number of hydrogen-bond donors (Lipinski definition) is 0. The van der Waals surface area contributed by atoms with E-state index in [1.54, 1.807) is 10.9 Å². The molecular weight excluding hydrogens is 190 g/mol. The minimum atomic E-state index is 0.344. The van der Waals surface area contributed by atoms with Gasteiger partial charge < -0.3 is 4.42 Å². The van der Waals surface area contributed by atoms with E-state index in [9.17, 15) is 0 Å². The Labute approximate surface area is 80.1 Å². The molecule has 2 aromatic rings. The van der Waals surface area contributed by atoms with E-state index >= 15 is 0 Å². The molecule has 0 saturated heterocycles. The second-order valence-corrected chi connectivity index (χ2v) is 2.87. The predicted molar refractivity (Wildman–Crippen MR) is 48.3 cm³/mol. The van der Waals surface area contributed by atoms with E-state index in [2.05, 4.69) is 10.1 Å². The Morgan fingerprint density at radius 3 is 3.08 bits per heavy atom. The summed E-state index contributed by atoms with van der Waals surface area (Å²) in [6, 6.07) is 1.86. The zero-order valence-electron chi connectivity index (χ0n) is 7.07. The zero-order valence-corrected chi connectivity index (χ0v) is 7.82. The van der Waals surface area contributed by atoms with Gasteiger partial charge in [-0.3, -0.25) is 4.68 Å². The Balaban J connectivity index is 2.52. The summed E-state index contributed by atoms with van der Waals surface area (Å²) in [5.41, 5.74) is 1.62. The maximum Gasteiger partial charge on any atom is 0.181 e. The molecule has 4 nitrogen and oxygen atoms in total. The Kier molecular flexibility index (Phi) is 2.06. The van der Waals surface area contributed by atoms with Gasteiger partial charge in [-0.25, -0.2) is 4.98 Å². The van der Waals surface area contributed by atoms with Crippen LogP contribution in [-0.4, -0.2) is 14.8 Å². The van der Waals surface area contributed by atoms with Crippen LogP contribution in [0.2, 0.25) is 0 Å². The summed E-state index contributed by atoms with van der Waals surface area (Å²) in [5, 5.41) is 4.03. The summed E-state index contributed by atoms with van der Waals surface area (Å²) in [6.45, 7) is 0. The highest BCUT2D eigenvalue weighted by atomic mass is 35.5. The molecule has 0 amide bonds. The lowest BCUT2D eigenvalue weighted by Crippen LogP contribution is -1.94. The largest absolute Gasteiger partial charge is 0.442 e. The van der Waals surface area contributed by atoms with Crippen molar-refractivity contribution in [2.24, 2.45) is 7.05 Å². The third-order valence-electron chi connectivity index (χ3n) is 1.82. The molecule has 2 aromatic heterocycles. The zero-order chi connectivity index (χ0) is 9.26. The monoisotopic (exact) mass is 197 g/mol. The van der Waals surface area contributed by atoms with E-state index in [1.807, 2.05) is 13.1 Å². The lowest BCUT2D eigenvalue weighted by molar-refractivity contribution is 0.563. The molecule has 0 saturated carbocycles. The average Bonchev–Trinajstić information content (AvgIpc) is 2.71. The highest BCUT2D eigenvalue weighted by Crippen LogP contribution is 2.22. The molecule has 13 heavy (non-hydrogen) atoms. The third-order valence-corrected chi connectivity index (χ3v) is 2.07. The van der Waals surface area contributed by atoms with Crippen LogP contribution in [0.3, 0.4) is 0 Å². The van der Waals surface area contributed by atoms with E-state index in [-0.39, 0.29) is 0 Å².